The first-order valence-corrected chi connectivity index (χ1v) is 9.31. The van der Waals surface area contributed by atoms with Crippen molar-refractivity contribution in [1.82, 2.24) is 5.32 Å². The molecule has 3 rings (SSSR count). The number of hydrogen-bond donors (Lipinski definition) is 1. The van der Waals surface area contributed by atoms with Crippen molar-refractivity contribution in [3.05, 3.63) is 63.7 Å². The monoisotopic (exact) mass is 344 g/mol. The summed E-state index contributed by atoms with van der Waals surface area (Å²) in [6.07, 6.45) is 14.5. The molecule has 0 spiro atoms. The zero-order valence-corrected chi connectivity index (χ0v) is 14.7. The minimum atomic E-state index is 0.772. The van der Waals surface area contributed by atoms with Crippen molar-refractivity contribution >= 4 is 29.7 Å². The molecule has 1 aromatic rings. The third-order valence-corrected chi connectivity index (χ3v) is 5.21. The summed E-state index contributed by atoms with van der Waals surface area (Å²) >= 11 is 7.78. The molecule has 4 heteroatoms. The Bertz CT molecular complexity index is 656. The zero-order valence-electron chi connectivity index (χ0n) is 13.1. The van der Waals surface area contributed by atoms with E-state index in [0.717, 1.165) is 24.4 Å². The molecule has 1 heterocycles. The van der Waals surface area contributed by atoms with E-state index in [4.69, 9.17) is 11.6 Å². The van der Waals surface area contributed by atoms with Gasteiger partial charge in [-0.1, -0.05) is 41.6 Å². The lowest BCUT2D eigenvalue weighted by Crippen LogP contribution is -2.15. The first-order chi connectivity index (χ1) is 11.3. The van der Waals surface area contributed by atoms with Gasteiger partial charge in [-0.05, 0) is 61.9 Å². The van der Waals surface area contributed by atoms with Gasteiger partial charge in [0.15, 0.2) is 0 Å². The molecule has 1 aromatic carbocycles. The molecule has 0 saturated carbocycles. The highest BCUT2D eigenvalue weighted by Crippen LogP contribution is 2.34. The fraction of sp³-hybridized carbons (Fsp3) is 0.316. The van der Waals surface area contributed by atoms with Gasteiger partial charge < -0.3 is 5.32 Å². The van der Waals surface area contributed by atoms with E-state index in [1.54, 1.807) is 11.8 Å². The van der Waals surface area contributed by atoms with Crippen molar-refractivity contribution in [1.29, 1.82) is 0 Å². The van der Waals surface area contributed by atoms with E-state index < -0.39 is 0 Å². The van der Waals surface area contributed by atoms with E-state index in [1.807, 2.05) is 18.5 Å². The van der Waals surface area contributed by atoms with Crippen LogP contribution < -0.4 is 5.32 Å². The van der Waals surface area contributed by atoms with E-state index in [-0.39, 0.29) is 0 Å². The highest BCUT2D eigenvalue weighted by Gasteiger charge is 2.14. The SMILES string of the molecule is Clc1ccc(SC2=C(\C3=CCCCC3)NC=NCC\C=C\2)cc1. The Labute approximate surface area is 147 Å². The van der Waals surface area contributed by atoms with Crippen LogP contribution in [-0.2, 0) is 0 Å². The molecule has 0 amide bonds. The standard InChI is InChI=1S/C19H21ClN2S/c20-16-9-11-17(12-10-16)23-18-8-4-5-13-21-14-22-19(18)15-6-2-1-3-7-15/h4,6,8-12,14H,1-3,5,7,13H2,(H,21,22)/b8-4+,19-18+. The Balaban J connectivity index is 1.95. The molecular weight excluding hydrogens is 324 g/mol. The van der Waals surface area contributed by atoms with Gasteiger partial charge in [0.25, 0.3) is 0 Å². The quantitative estimate of drug-likeness (QED) is 0.758. The molecule has 0 saturated heterocycles. The van der Waals surface area contributed by atoms with Crippen LogP contribution in [0.5, 0.6) is 0 Å². The first kappa shape index (κ1) is 16.4. The number of thioether (sulfide) groups is 1. The summed E-state index contributed by atoms with van der Waals surface area (Å²) in [5.74, 6) is 0. The fourth-order valence-electron chi connectivity index (χ4n) is 2.70. The molecule has 1 aliphatic heterocycles. The van der Waals surface area contributed by atoms with E-state index >= 15 is 0 Å². The van der Waals surface area contributed by atoms with Crippen LogP contribution in [0.15, 0.2) is 68.6 Å². The smallest absolute Gasteiger partial charge is 0.0868 e. The van der Waals surface area contributed by atoms with E-state index in [1.165, 1.54) is 40.3 Å². The van der Waals surface area contributed by atoms with E-state index in [9.17, 15) is 0 Å². The predicted octanol–water partition coefficient (Wildman–Crippen LogP) is 5.72. The van der Waals surface area contributed by atoms with E-state index in [2.05, 4.69) is 40.7 Å². The van der Waals surface area contributed by atoms with Crippen molar-refractivity contribution in [2.75, 3.05) is 6.54 Å². The van der Waals surface area contributed by atoms with Crippen molar-refractivity contribution in [2.45, 2.75) is 37.0 Å². The zero-order chi connectivity index (χ0) is 15.9. The second-order valence-corrected chi connectivity index (χ2v) is 7.19. The van der Waals surface area contributed by atoms with Gasteiger partial charge in [0, 0.05) is 21.4 Å². The molecule has 0 fully saturated rings. The molecule has 0 bridgehead atoms. The highest BCUT2D eigenvalue weighted by atomic mass is 35.5. The van der Waals surface area contributed by atoms with Gasteiger partial charge in [0.1, 0.15) is 0 Å². The molecule has 1 aliphatic carbocycles. The van der Waals surface area contributed by atoms with Gasteiger partial charge in [-0.15, -0.1) is 0 Å². The second-order valence-electron chi connectivity index (χ2n) is 5.64. The number of allylic oxidation sites excluding steroid dienone is 3. The van der Waals surface area contributed by atoms with E-state index in [0.29, 0.717) is 0 Å². The molecule has 0 aromatic heterocycles. The highest BCUT2D eigenvalue weighted by molar-refractivity contribution is 8.03. The van der Waals surface area contributed by atoms with Crippen molar-refractivity contribution < 1.29 is 0 Å². The molecule has 0 radical (unpaired) electrons. The average Bonchev–Trinajstić information content (AvgIpc) is 2.70. The number of nitrogens with one attached hydrogen (secondary N) is 1. The van der Waals surface area contributed by atoms with Gasteiger partial charge >= 0.3 is 0 Å². The summed E-state index contributed by atoms with van der Waals surface area (Å²) in [4.78, 5) is 6.85. The lowest BCUT2D eigenvalue weighted by Gasteiger charge is -2.19. The molecule has 2 nitrogen and oxygen atoms in total. The molecule has 120 valence electrons. The van der Waals surface area contributed by atoms with Crippen LogP contribution in [0, 0.1) is 0 Å². The van der Waals surface area contributed by atoms with Crippen molar-refractivity contribution in [3.8, 4) is 0 Å². The Morgan fingerprint density at radius 3 is 2.74 bits per heavy atom. The molecule has 0 unspecified atom stereocenters. The number of nitrogens with zero attached hydrogens (tertiary/aromatic N) is 1. The predicted molar refractivity (Wildman–Crippen MR) is 101 cm³/mol. The Kier molecular flexibility index (Phi) is 6.00. The van der Waals surface area contributed by atoms with Crippen LogP contribution >= 0.6 is 23.4 Å². The summed E-state index contributed by atoms with van der Waals surface area (Å²) < 4.78 is 0. The lowest BCUT2D eigenvalue weighted by atomic mass is 9.97. The third kappa shape index (κ3) is 4.76. The minimum Gasteiger partial charge on any atom is -0.346 e. The van der Waals surface area contributed by atoms with Crippen LogP contribution in [0.3, 0.4) is 0 Å². The number of rotatable bonds is 3. The van der Waals surface area contributed by atoms with Crippen molar-refractivity contribution in [3.63, 3.8) is 0 Å². The van der Waals surface area contributed by atoms with Crippen LogP contribution in [-0.4, -0.2) is 12.9 Å². The van der Waals surface area contributed by atoms with Crippen molar-refractivity contribution in [2.24, 2.45) is 4.99 Å². The number of benzene rings is 1. The maximum Gasteiger partial charge on any atom is 0.0868 e. The Hall–Kier alpha value is -1.45. The number of halogens is 1. The molecule has 2 aliphatic rings. The topological polar surface area (TPSA) is 24.4 Å². The lowest BCUT2D eigenvalue weighted by molar-refractivity contribution is 0.701. The average molecular weight is 345 g/mol. The third-order valence-electron chi connectivity index (χ3n) is 3.89. The first-order valence-electron chi connectivity index (χ1n) is 8.11. The maximum absolute atomic E-state index is 6.00. The van der Waals surface area contributed by atoms with Gasteiger partial charge in [0.2, 0.25) is 0 Å². The summed E-state index contributed by atoms with van der Waals surface area (Å²) in [5.41, 5.74) is 2.61. The van der Waals surface area contributed by atoms with Crippen LogP contribution in [0.2, 0.25) is 5.02 Å². The summed E-state index contributed by atoms with van der Waals surface area (Å²) in [7, 11) is 0. The largest absolute Gasteiger partial charge is 0.346 e. The van der Waals surface area contributed by atoms with Gasteiger partial charge in [-0.2, -0.15) is 0 Å². The van der Waals surface area contributed by atoms with Gasteiger partial charge in [-0.3, -0.25) is 4.99 Å². The Morgan fingerprint density at radius 1 is 1.09 bits per heavy atom. The minimum absolute atomic E-state index is 0.772. The Morgan fingerprint density at radius 2 is 1.96 bits per heavy atom. The maximum atomic E-state index is 6.00. The summed E-state index contributed by atoms with van der Waals surface area (Å²) in [6, 6.07) is 8.03. The second kappa shape index (κ2) is 8.42. The number of hydrogen-bond acceptors (Lipinski definition) is 3. The van der Waals surface area contributed by atoms with Crippen LogP contribution in [0.25, 0.3) is 0 Å². The summed E-state index contributed by atoms with van der Waals surface area (Å²) in [5, 5.41) is 4.21. The van der Waals surface area contributed by atoms with Crippen LogP contribution in [0.4, 0.5) is 0 Å². The molecule has 1 N–H and O–H groups in total. The molecular formula is C19H21ClN2S. The summed E-state index contributed by atoms with van der Waals surface area (Å²) in [6.45, 7) is 0.828. The van der Waals surface area contributed by atoms with Gasteiger partial charge in [0.05, 0.1) is 12.0 Å². The number of aliphatic imine (C=N–C) groups is 1. The molecule has 23 heavy (non-hydrogen) atoms. The molecule has 0 atom stereocenters. The fourth-order valence-corrected chi connectivity index (χ4v) is 3.81. The normalized spacial score (nSPS) is 23.3. The van der Waals surface area contributed by atoms with Crippen LogP contribution in [0.1, 0.15) is 32.1 Å². The van der Waals surface area contributed by atoms with Gasteiger partial charge in [-0.25, -0.2) is 0 Å².